The zero-order chi connectivity index (χ0) is 25.1. The summed E-state index contributed by atoms with van der Waals surface area (Å²) in [5.41, 5.74) is 0.658. The van der Waals surface area contributed by atoms with Crippen LogP contribution in [0.3, 0.4) is 0 Å². The molecule has 0 radical (unpaired) electrons. The maximum Gasteiger partial charge on any atom is 0.387 e. The summed E-state index contributed by atoms with van der Waals surface area (Å²) in [5, 5.41) is 11.8. The molecular weight excluding hydrogens is 428 g/mol. The van der Waals surface area contributed by atoms with Crippen LogP contribution in [0.5, 0.6) is 11.5 Å². The van der Waals surface area contributed by atoms with Crippen LogP contribution < -0.4 is 9.47 Å². The van der Waals surface area contributed by atoms with Crippen LogP contribution in [0.1, 0.15) is 65.5 Å². The minimum absolute atomic E-state index is 0.0643. The molecule has 33 heavy (non-hydrogen) atoms. The molecule has 1 aromatic rings. The summed E-state index contributed by atoms with van der Waals surface area (Å²) in [4.78, 5) is 37.7. The number of methoxy groups -OCH3 is 2. The van der Waals surface area contributed by atoms with E-state index >= 15 is 0 Å². The van der Waals surface area contributed by atoms with E-state index in [-0.39, 0.29) is 18.9 Å². The van der Waals surface area contributed by atoms with E-state index < -0.39 is 33.8 Å². The first-order valence-corrected chi connectivity index (χ1v) is 11.1. The van der Waals surface area contributed by atoms with Crippen molar-refractivity contribution in [3.05, 3.63) is 33.4 Å². The lowest BCUT2D eigenvalue weighted by Crippen LogP contribution is -2.54. The number of carbonyl (C=O) groups excluding carboxylic acids is 2. The van der Waals surface area contributed by atoms with Crippen LogP contribution in [0, 0.1) is 10.1 Å². The van der Waals surface area contributed by atoms with Crippen molar-refractivity contribution in [2.75, 3.05) is 27.3 Å². The topological polar surface area (TPSA) is 108 Å². The van der Waals surface area contributed by atoms with Crippen LogP contribution in [0.4, 0.5) is 0 Å². The Morgan fingerprint density at radius 2 is 1.67 bits per heavy atom. The predicted molar refractivity (Wildman–Crippen MR) is 123 cm³/mol. The Labute approximate surface area is 195 Å². The smallest absolute Gasteiger partial charge is 0.387 e. The van der Waals surface area contributed by atoms with Gasteiger partial charge in [-0.05, 0) is 29.4 Å². The molecule has 1 fully saturated rings. The number of benzene rings is 1. The SMILES string of the molecule is COC(=O)C1CCN1CCC(C(=O)Oc1c(C(C)(C)C)cc(OC)cc1C(C)(C)C)[N+](=O)[O-]. The van der Waals surface area contributed by atoms with Gasteiger partial charge in [0, 0.05) is 35.6 Å². The molecule has 9 nitrogen and oxygen atoms in total. The average Bonchev–Trinajstić information content (AvgIpc) is 2.67. The summed E-state index contributed by atoms with van der Waals surface area (Å²) in [6.45, 7) is 12.7. The second-order valence-electron chi connectivity index (χ2n) is 10.4. The fourth-order valence-electron chi connectivity index (χ4n) is 3.82. The Kier molecular flexibility index (Phi) is 8.11. The molecular formula is C24H36N2O7. The van der Waals surface area contributed by atoms with Crippen LogP contribution >= 0.6 is 0 Å². The van der Waals surface area contributed by atoms with Crippen LogP contribution in [0.15, 0.2) is 12.1 Å². The van der Waals surface area contributed by atoms with E-state index in [2.05, 4.69) is 0 Å². The number of nitro groups is 1. The van der Waals surface area contributed by atoms with Crippen molar-refractivity contribution in [3.8, 4) is 11.5 Å². The zero-order valence-corrected chi connectivity index (χ0v) is 20.9. The number of hydrogen-bond acceptors (Lipinski definition) is 8. The molecule has 0 saturated carbocycles. The second-order valence-corrected chi connectivity index (χ2v) is 10.4. The Bertz CT molecular complexity index is 864. The molecule has 1 aromatic carbocycles. The quantitative estimate of drug-likeness (QED) is 0.249. The van der Waals surface area contributed by atoms with E-state index in [1.54, 1.807) is 24.1 Å². The lowest BCUT2D eigenvalue weighted by molar-refractivity contribution is -0.510. The first-order chi connectivity index (χ1) is 15.2. The Morgan fingerprint density at radius 3 is 2.03 bits per heavy atom. The van der Waals surface area contributed by atoms with Crippen molar-refractivity contribution in [1.82, 2.24) is 4.90 Å². The monoisotopic (exact) mass is 464 g/mol. The maximum atomic E-state index is 13.1. The summed E-state index contributed by atoms with van der Waals surface area (Å²) in [5.74, 6) is -0.327. The Balaban J connectivity index is 2.34. The number of ether oxygens (including phenoxy) is 3. The number of likely N-dealkylation sites (tertiary alicyclic amines) is 1. The highest BCUT2D eigenvalue weighted by atomic mass is 16.6. The van der Waals surface area contributed by atoms with Crippen molar-refractivity contribution in [2.45, 2.75) is 77.3 Å². The third-order valence-electron chi connectivity index (χ3n) is 5.94. The van der Waals surface area contributed by atoms with Crippen molar-refractivity contribution in [3.63, 3.8) is 0 Å². The van der Waals surface area contributed by atoms with Gasteiger partial charge in [0.05, 0.1) is 14.2 Å². The van der Waals surface area contributed by atoms with Gasteiger partial charge in [-0.2, -0.15) is 0 Å². The third kappa shape index (κ3) is 6.22. The van der Waals surface area contributed by atoms with Gasteiger partial charge in [0.15, 0.2) is 0 Å². The predicted octanol–water partition coefficient (Wildman–Crippen LogP) is 3.48. The molecule has 184 valence electrons. The van der Waals surface area contributed by atoms with Gasteiger partial charge in [-0.15, -0.1) is 0 Å². The highest BCUT2D eigenvalue weighted by Crippen LogP contribution is 2.42. The van der Waals surface area contributed by atoms with E-state index in [0.29, 0.717) is 24.5 Å². The van der Waals surface area contributed by atoms with Gasteiger partial charge < -0.3 is 14.2 Å². The van der Waals surface area contributed by atoms with E-state index in [4.69, 9.17) is 14.2 Å². The van der Waals surface area contributed by atoms with Gasteiger partial charge in [-0.25, -0.2) is 4.79 Å². The molecule has 1 heterocycles. The number of hydrogen-bond donors (Lipinski definition) is 0. The standard InChI is InChI=1S/C24H36N2O7/c1-23(2,3)16-13-15(31-7)14-17(24(4,5)6)20(16)33-22(28)19(26(29)30)10-12-25-11-9-18(25)21(27)32-8/h13-14,18-19H,9-12H2,1-8H3. The average molecular weight is 465 g/mol. The number of rotatable bonds is 8. The van der Waals surface area contributed by atoms with Gasteiger partial charge in [-0.3, -0.25) is 19.8 Å². The van der Waals surface area contributed by atoms with Crippen LogP contribution in [-0.4, -0.2) is 61.2 Å². The van der Waals surface area contributed by atoms with Crippen LogP contribution in [-0.2, 0) is 25.2 Å². The molecule has 0 aliphatic carbocycles. The number of nitrogens with zero attached hydrogens (tertiary/aromatic N) is 2. The summed E-state index contributed by atoms with van der Waals surface area (Å²) in [7, 11) is 2.88. The van der Waals surface area contributed by atoms with Crippen LogP contribution in [0.25, 0.3) is 0 Å². The van der Waals surface area contributed by atoms with Crippen molar-refractivity contribution < 1.29 is 28.7 Å². The van der Waals surface area contributed by atoms with Gasteiger partial charge in [0.2, 0.25) is 0 Å². The molecule has 0 N–H and O–H groups in total. The van der Waals surface area contributed by atoms with Gasteiger partial charge in [-0.1, -0.05) is 41.5 Å². The summed E-state index contributed by atoms with van der Waals surface area (Å²) < 4.78 is 16.0. The highest BCUT2D eigenvalue weighted by molar-refractivity contribution is 5.78. The van der Waals surface area contributed by atoms with Crippen molar-refractivity contribution >= 4 is 11.9 Å². The first-order valence-electron chi connectivity index (χ1n) is 11.1. The first kappa shape index (κ1) is 26.6. The minimum Gasteiger partial charge on any atom is -0.497 e. The highest BCUT2D eigenvalue weighted by Gasteiger charge is 2.39. The van der Waals surface area contributed by atoms with Crippen molar-refractivity contribution in [2.24, 2.45) is 0 Å². The molecule has 1 saturated heterocycles. The fraction of sp³-hybridized carbons (Fsp3) is 0.667. The molecule has 9 heteroatoms. The van der Waals surface area contributed by atoms with E-state index in [1.165, 1.54) is 7.11 Å². The molecule has 0 amide bonds. The van der Waals surface area contributed by atoms with Gasteiger partial charge in [0.25, 0.3) is 0 Å². The Morgan fingerprint density at radius 1 is 1.12 bits per heavy atom. The van der Waals surface area contributed by atoms with Crippen molar-refractivity contribution in [1.29, 1.82) is 0 Å². The van der Waals surface area contributed by atoms with E-state index in [1.807, 2.05) is 41.5 Å². The molecule has 0 bridgehead atoms. The molecule has 2 rings (SSSR count). The van der Waals surface area contributed by atoms with Gasteiger partial charge >= 0.3 is 18.0 Å². The number of esters is 2. The fourth-order valence-corrected chi connectivity index (χ4v) is 3.82. The Hall–Kier alpha value is -2.68. The van der Waals surface area contributed by atoms with E-state index in [9.17, 15) is 19.7 Å². The second kappa shape index (κ2) is 10.1. The molecule has 2 unspecified atom stereocenters. The largest absolute Gasteiger partial charge is 0.497 e. The van der Waals surface area contributed by atoms with Gasteiger partial charge in [0.1, 0.15) is 17.5 Å². The normalized spacial score (nSPS) is 17.6. The lowest BCUT2D eigenvalue weighted by atomic mass is 9.79. The molecule has 2 atom stereocenters. The van der Waals surface area contributed by atoms with E-state index in [0.717, 1.165) is 11.1 Å². The molecule has 1 aliphatic heterocycles. The third-order valence-corrected chi connectivity index (χ3v) is 5.94. The molecule has 0 aromatic heterocycles. The summed E-state index contributed by atoms with van der Waals surface area (Å²) >= 11 is 0. The zero-order valence-electron chi connectivity index (χ0n) is 20.9. The lowest BCUT2D eigenvalue weighted by Gasteiger charge is -2.38. The molecule has 0 spiro atoms. The summed E-state index contributed by atoms with van der Waals surface area (Å²) in [6, 6.07) is 1.65. The minimum atomic E-state index is -1.55. The molecule has 1 aliphatic rings. The summed E-state index contributed by atoms with van der Waals surface area (Å²) in [6.07, 6.45) is 0.571. The number of carbonyl (C=O) groups is 2. The maximum absolute atomic E-state index is 13.1. The van der Waals surface area contributed by atoms with Crippen LogP contribution in [0.2, 0.25) is 0 Å².